The van der Waals surface area contributed by atoms with Gasteiger partial charge < -0.3 is 4.43 Å². The van der Waals surface area contributed by atoms with Crippen LogP contribution in [0.2, 0.25) is 19.6 Å². The Labute approximate surface area is 166 Å². The predicted octanol–water partition coefficient (Wildman–Crippen LogP) is 3.62. The highest BCUT2D eigenvalue weighted by molar-refractivity contribution is 7.10. The maximum Gasteiger partial charge on any atom is 0.288 e. The molecular weight excluding hydrogens is 360 g/mol. The van der Waals surface area contributed by atoms with Crippen LogP contribution in [0.4, 0.5) is 0 Å². The molecule has 0 amide bonds. The van der Waals surface area contributed by atoms with Crippen LogP contribution in [0.25, 0.3) is 0 Å². The molecule has 0 bridgehead atoms. The minimum Gasteiger partial charge on any atom is -0.402 e. The Morgan fingerprint density at radius 1 is 0.593 bits per heavy atom. The summed E-state index contributed by atoms with van der Waals surface area (Å²) in [7, 11) is -4.16. The number of hydrogen-bond acceptors (Lipinski definition) is 1. The lowest BCUT2D eigenvalue weighted by Gasteiger charge is -2.38. The Bertz CT molecular complexity index is 828. The first-order valence-electron chi connectivity index (χ1n) is 9.74. The average Bonchev–Trinajstić information content (AvgIpc) is 2.67. The molecule has 1 nitrogen and oxygen atoms in total. The fraction of sp³-hybridized carbons (Fsp3) is 0.250. The van der Waals surface area contributed by atoms with Crippen molar-refractivity contribution in [2.24, 2.45) is 0 Å². The van der Waals surface area contributed by atoms with Gasteiger partial charge in [0.15, 0.2) is 0 Å². The van der Waals surface area contributed by atoms with E-state index in [1.54, 1.807) is 0 Å². The van der Waals surface area contributed by atoms with Crippen LogP contribution in [0.3, 0.4) is 0 Å². The smallest absolute Gasteiger partial charge is 0.288 e. The molecule has 0 fully saturated rings. The Hall–Kier alpha value is -1.95. The van der Waals surface area contributed by atoms with Gasteiger partial charge in [0.2, 0.25) is 0 Å². The summed E-state index contributed by atoms with van der Waals surface area (Å²) in [5.74, 6) is 0. The fourth-order valence-corrected chi connectivity index (χ4v) is 11.1. The van der Waals surface area contributed by atoms with Gasteiger partial charge in [-0.1, -0.05) is 110 Å². The molecule has 0 unspecified atom stereocenters. The van der Waals surface area contributed by atoms with E-state index in [1.165, 1.54) is 20.7 Å². The summed E-state index contributed by atoms with van der Waals surface area (Å²) in [5.41, 5.74) is 0. The van der Waals surface area contributed by atoms with Crippen LogP contribution in [0, 0.1) is 0 Å². The largest absolute Gasteiger partial charge is 0.402 e. The van der Waals surface area contributed by atoms with E-state index >= 15 is 0 Å². The third kappa shape index (κ3) is 4.00. The second-order valence-electron chi connectivity index (χ2n) is 8.38. The Morgan fingerprint density at radius 3 is 1.41 bits per heavy atom. The highest BCUT2D eigenvalue weighted by Gasteiger charge is 2.45. The Morgan fingerprint density at radius 2 is 1.00 bits per heavy atom. The highest BCUT2D eigenvalue weighted by atomic mass is 28.4. The summed E-state index contributed by atoms with van der Waals surface area (Å²) in [6.45, 7) is 11.6. The van der Waals surface area contributed by atoms with Crippen molar-refractivity contribution in [2.45, 2.75) is 39.6 Å². The monoisotopic (exact) mass is 390 g/mol. The standard InChI is InChI=1S/C24H30OSi2/c1-20(2)25-27(21-14-8-6-9-15-21,22-16-10-7-11-17-22)24-19-13-12-18-23(24)26(3,4)5/h6-20H,1-5H3. The third-order valence-electron chi connectivity index (χ3n) is 4.89. The van der Waals surface area contributed by atoms with Gasteiger partial charge in [-0.05, 0) is 29.4 Å². The van der Waals surface area contributed by atoms with Crippen LogP contribution >= 0.6 is 0 Å². The van der Waals surface area contributed by atoms with Gasteiger partial charge >= 0.3 is 0 Å². The van der Waals surface area contributed by atoms with Crippen molar-refractivity contribution < 1.29 is 4.43 Å². The molecule has 0 atom stereocenters. The highest BCUT2D eigenvalue weighted by Crippen LogP contribution is 2.13. The predicted molar refractivity (Wildman–Crippen MR) is 123 cm³/mol. The first-order valence-corrected chi connectivity index (χ1v) is 15.2. The molecular formula is C24H30OSi2. The lowest BCUT2D eigenvalue weighted by atomic mass is 10.3. The zero-order valence-corrected chi connectivity index (χ0v) is 19.1. The summed E-state index contributed by atoms with van der Waals surface area (Å²) in [5, 5.41) is 5.55. The molecule has 0 heterocycles. The molecule has 140 valence electrons. The summed E-state index contributed by atoms with van der Waals surface area (Å²) in [4.78, 5) is 0. The minimum atomic E-state index is -2.61. The second-order valence-corrected chi connectivity index (χ2v) is 16.7. The summed E-state index contributed by atoms with van der Waals surface area (Å²) < 4.78 is 6.99. The fourth-order valence-electron chi connectivity index (χ4n) is 3.82. The molecule has 3 aromatic carbocycles. The average molecular weight is 391 g/mol. The van der Waals surface area contributed by atoms with E-state index in [1.807, 2.05) is 0 Å². The van der Waals surface area contributed by atoms with E-state index in [-0.39, 0.29) is 6.10 Å². The van der Waals surface area contributed by atoms with Gasteiger partial charge in [-0.15, -0.1) is 0 Å². The van der Waals surface area contributed by atoms with Crippen LogP contribution in [-0.2, 0) is 4.43 Å². The first-order chi connectivity index (χ1) is 12.9. The molecule has 0 saturated heterocycles. The molecule has 27 heavy (non-hydrogen) atoms. The molecule has 0 aliphatic carbocycles. The summed E-state index contributed by atoms with van der Waals surface area (Å²) in [6, 6.07) is 30.8. The molecule has 0 saturated carbocycles. The minimum absolute atomic E-state index is 0.145. The van der Waals surface area contributed by atoms with E-state index in [0.717, 1.165) is 0 Å². The van der Waals surface area contributed by atoms with Crippen molar-refractivity contribution in [3.8, 4) is 0 Å². The van der Waals surface area contributed by atoms with Gasteiger partial charge in [0.25, 0.3) is 8.32 Å². The van der Waals surface area contributed by atoms with Crippen molar-refractivity contribution in [2.75, 3.05) is 0 Å². The SMILES string of the molecule is CC(C)O[Si](c1ccccc1)(c1ccccc1)c1ccccc1[Si](C)(C)C. The van der Waals surface area contributed by atoms with E-state index in [2.05, 4.69) is 118 Å². The maximum absolute atomic E-state index is 6.99. The maximum atomic E-state index is 6.99. The van der Waals surface area contributed by atoms with Crippen molar-refractivity contribution in [3.63, 3.8) is 0 Å². The molecule has 0 spiro atoms. The van der Waals surface area contributed by atoms with E-state index in [0.29, 0.717) is 0 Å². The van der Waals surface area contributed by atoms with Gasteiger partial charge in [0.1, 0.15) is 0 Å². The molecule has 3 heteroatoms. The zero-order valence-electron chi connectivity index (χ0n) is 17.1. The van der Waals surface area contributed by atoms with Crippen LogP contribution < -0.4 is 20.7 Å². The van der Waals surface area contributed by atoms with Crippen LogP contribution in [0.1, 0.15) is 13.8 Å². The molecule has 3 rings (SSSR count). The van der Waals surface area contributed by atoms with Gasteiger partial charge in [-0.2, -0.15) is 0 Å². The number of hydrogen-bond donors (Lipinski definition) is 0. The molecule has 3 aromatic rings. The quantitative estimate of drug-likeness (QED) is 0.461. The lowest BCUT2D eigenvalue weighted by molar-refractivity contribution is 0.245. The van der Waals surface area contributed by atoms with E-state index < -0.39 is 16.4 Å². The third-order valence-corrected chi connectivity index (χ3v) is 11.5. The van der Waals surface area contributed by atoms with E-state index in [4.69, 9.17) is 4.43 Å². The van der Waals surface area contributed by atoms with Crippen molar-refractivity contribution in [1.82, 2.24) is 0 Å². The molecule has 0 radical (unpaired) electrons. The van der Waals surface area contributed by atoms with Crippen molar-refractivity contribution in [1.29, 1.82) is 0 Å². The normalized spacial score (nSPS) is 12.4. The van der Waals surface area contributed by atoms with Crippen LogP contribution in [-0.4, -0.2) is 22.5 Å². The van der Waals surface area contributed by atoms with Gasteiger partial charge in [-0.25, -0.2) is 0 Å². The van der Waals surface area contributed by atoms with Crippen molar-refractivity contribution >= 4 is 37.1 Å². The van der Waals surface area contributed by atoms with Crippen molar-refractivity contribution in [3.05, 3.63) is 84.9 Å². The lowest BCUT2D eigenvalue weighted by Crippen LogP contribution is -2.75. The zero-order chi connectivity index (χ0) is 19.5. The van der Waals surface area contributed by atoms with Gasteiger partial charge in [-0.3, -0.25) is 0 Å². The topological polar surface area (TPSA) is 9.23 Å². The number of benzene rings is 3. The molecule has 0 aliphatic heterocycles. The Kier molecular flexibility index (Phi) is 5.85. The molecule has 0 aliphatic rings. The second kappa shape index (κ2) is 7.97. The van der Waals surface area contributed by atoms with Crippen LogP contribution in [0.5, 0.6) is 0 Å². The van der Waals surface area contributed by atoms with Gasteiger partial charge in [0, 0.05) is 6.10 Å². The van der Waals surface area contributed by atoms with Crippen LogP contribution in [0.15, 0.2) is 84.9 Å². The molecule has 0 aromatic heterocycles. The first kappa shape index (κ1) is 19.8. The van der Waals surface area contributed by atoms with Gasteiger partial charge in [0.05, 0.1) is 8.07 Å². The molecule has 0 N–H and O–H groups in total. The Balaban J connectivity index is 2.42. The van der Waals surface area contributed by atoms with E-state index in [9.17, 15) is 0 Å². The summed E-state index contributed by atoms with van der Waals surface area (Å²) in [6.07, 6.45) is 0.145. The number of rotatable bonds is 6. The summed E-state index contributed by atoms with van der Waals surface area (Å²) >= 11 is 0.